The fourth-order valence-electron chi connectivity index (χ4n) is 3.48. The fraction of sp³-hybridized carbons (Fsp3) is 0.778. The van der Waals surface area contributed by atoms with E-state index in [4.69, 9.17) is 9.97 Å². The molecule has 1 aromatic rings. The SMILES string of the molecule is CCC1CCC(c2nc(C)c(CCNC(C)C)c(C)n2)C1. The smallest absolute Gasteiger partial charge is 0.131 e. The van der Waals surface area contributed by atoms with Crippen LogP contribution in [0.2, 0.25) is 0 Å². The van der Waals surface area contributed by atoms with Gasteiger partial charge in [-0.15, -0.1) is 0 Å². The van der Waals surface area contributed by atoms with Crippen LogP contribution in [0.5, 0.6) is 0 Å². The predicted octanol–water partition coefficient (Wildman–Crippen LogP) is 3.93. The lowest BCUT2D eigenvalue weighted by atomic mass is 10.0. The maximum atomic E-state index is 4.84. The van der Waals surface area contributed by atoms with Gasteiger partial charge in [-0.25, -0.2) is 9.97 Å². The van der Waals surface area contributed by atoms with Crippen LogP contribution in [-0.4, -0.2) is 22.6 Å². The van der Waals surface area contributed by atoms with Crippen molar-refractivity contribution < 1.29 is 0 Å². The molecule has 0 aromatic carbocycles. The third kappa shape index (κ3) is 4.26. The summed E-state index contributed by atoms with van der Waals surface area (Å²) in [5.41, 5.74) is 3.70. The van der Waals surface area contributed by atoms with E-state index in [0.29, 0.717) is 12.0 Å². The molecule has 1 N–H and O–H groups in total. The maximum absolute atomic E-state index is 4.84. The second-order valence-corrected chi connectivity index (χ2v) is 6.87. The summed E-state index contributed by atoms with van der Waals surface area (Å²) in [6.45, 7) is 12.0. The van der Waals surface area contributed by atoms with Crippen molar-refractivity contribution in [2.24, 2.45) is 5.92 Å². The van der Waals surface area contributed by atoms with Gasteiger partial charge in [0.1, 0.15) is 5.82 Å². The minimum atomic E-state index is 0.537. The molecule has 2 unspecified atom stereocenters. The summed E-state index contributed by atoms with van der Waals surface area (Å²) in [6, 6.07) is 0.537. The first-order chi connectivity index (χ1) is 10.0. The van der Waals surface area contributed by atoms with Crippen molar-refractivity contribution in [1.82, 2.24) is 15.3 Å². The molecule has 1 aliphatic carbocycles. The molecule has 1 aliphatic rings. The van der Waals surface area contributed by atoms with Crippen LogP contribution in [0.4, 0.5) is 0 Å². The normalized spacial score (nSPS) is 22.2. The number of hydrogen-bond acceptors (Lipinski definition) is 3. The molecule has 0 amide bonds. The zero-order valence-electron chi connectivity index (χ0n) is 14.4. The van der Waals surface area contributed by atoms with Crippen molar-refractivity contribution in [1.29, 1.82) is 0 Å². The van der Waals surface area contributed by atoms with Crippen LogP contribution in [0, 0.1) is 19.8 Å². The monoisotopic (exact) mass is 289 g/mol. The number of nitrogens with zero attached hydrogens (tertiary/aromatic N) is 2. The lowest BCUT2D eigenvalue weighted by molar-refractivity contribution is 0.515. The summed E-state index contributed by atoms with van der Waals surface area (Å²) in [7, 11) is 0. The number of aromatic nitrogens is 2. The molecule has 3 heteroatoms. The standard InChI is InChI=1S/C18H31N3/c1-6-15-7-8-16(11-15)18-20-13(4)17(14(5)21-18)9-10-19-12(2)3/h12,15-16,19H,6-11H2,1-5H3. The highest BCUT2D eigenvalue weighted by Gasteiger charge is 2.27. The Hall–Kier alpha value is -0.960. The van der Waals surface area contributed by atoms with Crippen LogP contribution in [0.1, 0.15) is 75.1 Å². The third-order valence-electron chi connectivity index (χ3n) is 4.85. The number of aryl methyl sites for hydroxylation is 2. The average Bonchev–Trinajstić information content (AvgIpc) is 2.90. The molecule has 118 valence electrons. The Balaban J connectivity index is 2.06. The maximum Gasteiger partial charge on any atom is 0.131 e. The van der Waals surface area contributed by atoms with Gasteiger partial charge in [-0.05, 0) is 57.6 Å². The summed E-state index contributed by atoms with van der Waals surface area (Å²) in [6.07, 6.45) is 6.23. The van der Waals surface area contributed by atoms with Crippen molar-refractivity contribution in [3.05, 3.63) is 22.8 Å². The molecule has 0 aliphatic heterocycles. The molecule has 0 radical (unpaired) electrons. The molecule has 1 aromatic heterocycles. The summed E-state index contributed by atoms with van der Waals surface area (Å²) < 4.78 is 0. The molecule has 0 saturated heterocycles. The first-order valence-corrected chi connectivity index (χ1v) is 8.58. The van der Waals surface area contributed by atoms with Crippen LogP contribution in [0.25, 0.3) is 0 Å². The van der Waals surface area contributed by atoms with Crippen molar-refractivity contribution in [2.75, 3.05) is 6.54 Å². The largest absolute Gasteiger partial charge is 0.314 e. The van der Waals surface area contributed by atoms with E-state index in [1.165, 1.54) is 42.6 Å². The van der Waals surface area contributed by atoms with Crippen LogP contribution >= 0.6 is 0 Å². The van der Waals surface area contributed by atoms with Crippen LogP contribution in [-0.2, 0) is 6.42 Å². The molecular formula is C18H31N3. The van der Waals surface area contributed by atoms with Gasteiger partial charge in [0.25, 0.3) is 0 Å². The molecule has 1 fully saturated rings. The van der Waals surface area contributed by atoms with Gasteiger partial charge in [-0.3, -0.25) is 0 Å². The van der Waals surface area contributed by atoms with Crippen molar-refractivity contribution in [3.63, 3.8) is 0 Å². The van der Waals surface area contributed by atoms with E-state index in [-0.39, 0.29) is 0 Å². The predicted molar refractivity (Wildman–Crippen MR) is 88.7 cm³/mol. The minimum absolute atomic E-state index is 0.537. The molecule has 2 rings (SSSR count). The first-order valence-electron chi connectivity index (χ1n) is 8.58. The molecule has 1 saturated carbocycles. The fourth-order valence-corrected chi connectivity index (χ4v) is 3.48. The Labute approximate surface area is 130 Å². The van der Waals surface area contributed by atoms with Gasteiger partial charge in [-0.1, -0.05) is 27.2 Å². The Morgan fingerprint density at radius 3 is 2.33 bits per heavy atom. The van der Waals surface area contributed by atoms with Gasteiger partial charge in [0.15, 0.2) is 0 Å². The van der Waals surface area contributed by atoms with Gasteiger partial charge in [-0.2, -0.15) is 0 Å². The van der Waals surface area contributed by atoms with E-state index in [1.54, 1.807) is 0 Å². The van der Waals surface area contributed by atoms with Crippen LogP contribution in [0.3, 0.4) is 0 Å². The highest BCUT2D eigenvalue weighted by atomic mass is 14.9. The Bertz CT molecular complexity index is 445. The summed E-state index contributed by atoms with van der Waals surface area (Å²) >= 11 is 0. The van der Waals surface area contributed by atoms with Crippen LogP contribution in [0.15, 0.2) is 0 Å². The molecule has 21 heavy (non-hydrogen) atoms. The van der Waals surface area contributed by atoms with E-state index in [9.17, 15) is 0 Å². The van der Waals surface area contributed by atoms with E-state index >= 15 is 0 Å². The number of hydrogen-bond donors (Lipinski definition) is 1. The first kappa shape index (κ1) is 16.4. The van der Waals surface area contributed by atoms with Crippen molar-refractivity contribution in [2.45, 2.75) is 78.7 Å². The molecule has 0 spiro atoms. The Kier molecular flexibility index (Phi) is 5.74. The van der Waals surface area contributed by atoms with Gasteiger partial charge < -0.3 is 5.32 Å². The average molecular weight is 289 g/mol. The molecule has 3 nitrogen and oxygen atoms in total. The number of rotatable bonds is 6. The van der Waals surface area contributed by atoms with Crippen LogP contribution < -0.4 is 5.32 Å². The topological polar surface area (TPSA) is 37.8 Å². The third-order valence-corrected chi connectivity index (χ3v) is 4.85. The van der Waals surface area contributed by atoms with E-state index < -0.39 is 0 Å². The highest BCUT2D eigenvalue weighted by molar-refractivity contribution is 5.25. The van der Waals surface area contributed by atoms with E-state index in [1.807, 2.05) is 0 Å². The Morgan fingerprint density at radius 1 is 1.14 bits per heavy atom. The molecular weight excluding hydrogens is 258 g/mol. The van der Waals surface area contributed by atoms with Gasteiger partial charge in [0.2, 0.25) is 0 Å². The van der Waals surface area contributed by atoms with E-state index in [0.717, 1.165) is 24.7 Å². The van der Waals surface area contributed by atoms with Gasteiger partial charge in [0, 0.05) is 23.3 Å². The minimum Gasteiger partial charge on any atom is -0.314 e. The summed E-state index contributed by atoms with van der Waals surface area (Å²) in [4.78, 5) is 9.69. The zero-order valence-corrected chi connectivity index (χ0v) is 14.4. The second kappa shape index (κ2) is 7.35. The summed E-state index contributed by atoms with van der Waals surface area (Å²) in [5, 5.41) is 3.48. The number of nitrogens with one attached hydrogen (secondary N) is 1. The second-order valence-electron chi connectivity index (χ2n) is 6.87. The lowest BCUT2D eigenvalue weighted by Crippen LogP contribution is -2.25. The molecule has 1 heterocycles. The quantitative estimate of drug-likeness (QED) is 0.862. The lowest BCUT2D eigenvalue weighted by Gasteiger charge is -2.15. The molecule has 0 bridgehead atoms. The van der Waals surface area contributed by atoms with E-state index in [2.05, 4.69) is 39.9 Å². The molecule has 2 atom stereocenters. The summed E-state index contributed by atoms with van der Waals surface area (Å²) in [5.74, 6) is 2.57. The van der Waals surface area contributed by atoms with Crippen molar-refractivity contribution in [3.8, 4) is 0 Å². The van der Waals surface area contributed by atoms with Gasteiger partial charge >= 0.3 is 0 Å². The van der Waals surface area contributed by atoms with Crippen molar-refractivity contribution >= 4 is 0 Å². The highest BCUT2D eigenvalue weighted by Crippen LogP contribution is 2.38. The zero-order chi connectivity index (χ0) is 15.4. The Morgan fingerprint density at radius 2 is 1.81 bits per heavy atom. The van der Waals surface area contributed by atoms with Gasteiger partial charge in [0.05, 0.1) is 0 Å².